The molecule has 3 rings (SSSR count). The number of carbonyl (C=O) groups is 2. The fourth-order valence-corrected chi connectivity index (χ4v) is 3.50. The fourth-order valence-electron chi connectivity index (χ4n) is 3.37. The normalized spacial score (nSPS) is 14.5. The number of benzene rings is 1. The summed E-state index contributed by atoms with van der Waals surface area (Å²) < 4.78 is 4.98. The van der Waals surface area contributed by atoms with Gasteiger partial charge in [0.1, 0.15) is 12.4 Å². The topological polar surface area (TPSA) is 62.7 Å². The van der Waals surface area contributed by atoms with E-state index in [2.05, 4.69) is 26.9 Å². The first kappa shape index (κ1) is 22.2. The number of pyridine rings is 1. The molecular weight excluding hydrogens is 402 g/mol. The van der Waals surface area contributed by atoms with Gasteiger partial charge in [-0.05, 0) is 42.8 Å². The fraction of sp³-hybridized carbons (Fsp3) is 0.435. The van der Waals surface area contributed by atoms with Crippen LogP contribution in [0.15, 0.2) is 42.6 Å². The lowest BCUT2D eigenvalue weighted by Crippen LogP contribution is -2.47. The monoisotopic (exact) mass is 429 g/mol. The van der Waals surface area contributed by atoms with Crippen LogP contribution in [0.5, 0.6) is 0 Å². The van der Waals surface area contributed by atoms with Crippen molar-refractivity contribution in [2.75, 3.05) is 44.2 Å². The maximum absolute atomic E-state index is 11.7. The van der Waals surface area contributed by atoms with Gasteiger partial charge in [-0.25, -0.2) is 4.98 Å². The third-order valence-corrected chi connectivity index (χ3v) is 5.52. The molecule has 0 amide bonds. The Balaban J connectivity index is 1.39. The predicted octanol–water partition coefficient (Wildman–Crippen LogP) is 3.83. The van der Waals surface area contributed by atoms with Crippen molar-refractivity contribution in [3.8, 4) is 11.1 Å². The van der Waals surface area contributed by atoms with Crippen LogP contribution in [0.25, 0.3) is 11.1 Å². The summed E-state index contributed by atoms with van der Waals surface area (Å²) >= 11 is 5.95. The number of rotatable bonds is 9. The van der Waals surface area contributed by atoms with Gasteiger partial charge in [-0.3, -0.25) is 14.5 Å². The van der Waals surface area contributed by atoms with E-state index in [-0.39, 0.29) is 18.4 Å². The maximum Gasteiger partial charge on any atom is 0.306 e. The van der Waals surface area contributed by atoms with Gasteiger partial charge in [0.2, 0.25) is 0 Å². The Hall–Kier alpha value is -2.44. The zero-order valence-corrected chi connectivity index (χ0v) is 18.1. The quantitative estimate of drug-likeness (QED) is 0.564. The van der Waals surface area contributed by atoms with Crippen LogP contribution in [0.4, 0.5) is 5.82 Å². The second kappa shape index (κ2) is 11.1. The smallest absolute Gasteiger partial charge is 0.306 e. The molecule has 1 aliphatic heterocycles. The van der Waals surface area contributed by atoms with E-state index in [1.165, 1.54) is 0 Å². The predicted molar refractivity (Wildman–Crippen MR) is 119 cm³/mol. The highest BCUT2D eigenvalue weighted by molar-refractivity contribution is 6.30. The zero-order chi connectivity index (χ0) is 21.3. The van der Waals surface area contributed by atoms with Crippen LogP contribution in [0.1, 0.15) is 26.2 Å². The van der Waals surface area contributed by atoms with Crippen LogP contribution in [0.3, 0.4) is 0 Å². The molecule has 0 radical (unpaired) electrons. The van der Waals surface area contributed by atoms with E-state index in [9.17, 15) is 9.59 Å². The molecule has 1 aliphatic rings. The summed E-state index contributed by atoms with van der Waals surface area (Å²) in [6.45, 7) is 6.20. The summed E-state index contributed by atoms with van der Waals surface area (Å²) in [6, 6.07) is 11.9. The number of anilines is 1. The van der Waals surface area contributed by atoms with Crippen LogP contribution in [0.2, 0.25) is 5.02 Å². The Kier molecular flexibility index (Phi) is 8.22. The zero-order valence-electron chi connectivity index (χ0n) is 17.3. The van der Waals surface area contributed by atoms with E-state index >= 15 is 0 Å². The largest absolute Gasteiger partial charge is 0.458 e. The van der Waals surface area contributed by atoms with Crippen molar-refractivity contribution in [1.82, 2.24) is 9.88 Å². The molecule has 0 aliphatic carbocycles. The summed E-state index contributed by atoms with van der Waals surface area (Å²) in [5, 5.41) is 0.727. The number of Topliss-reactive ketones (excluding diaryl/α,β-unsaturated/α-hetero) is 1. The average Bonchev–Trinajstić information content (AvgIpc) is 2.78. The number of piperazine rings is 1. The Morgan fingerprint density at radius 2 is 1.73 bits per heavy atom. The van der Waals surface area contributed by atoms with Crippen molar-refractivity contribution >= 4 is 29.2 Å². The molecule has 1 aromatic carbocycles. The van der Waals surface area contributed by atoms with Gasteiger partial charge < -0.3 is 9.64 Å². The number of hydrogen-bond donors (Lipinski definition) is 0. The molecule has 6 nitrogen and oxygen atoms in total. The molecule has 2 aromatic rings. The van der Waals surface area contributed by atoms with Crippen molar-refractivity contribution in [1.29, 1.82) is 0 Å². The molecule has 30 heavy (non-hydrogen) atoms. The average molecular weight is 430 g/mol. The lowest BCUT2D eigenvalue weighted by atomic mass is 10.1. The molecular formula is C23H28ClN3O3. The van der Waals surface area contributed by atoms with Crippen LogP contribution >= 0.6 is 11.6 Å². The van der Waals surface area contributed by atoms with Crippen molar-refractivity contribution in [3.05, 3.63) is 47.6 Å². The number of esters is 1. The van der Waals surface area contributed by atoms with Crippen LogP contribution in [-0.2, 0) is 14.3 Å². The molecule has 0 unspecified atom stereocenters. The number of carbonyl (C=O) groups excluding carboxylic acids is 2. The van der Waals surface area contributed by atoms with E-state index in [1.54, 1.807) is 6.92 Å². The van der Waals surface area contributed by atoms with Gasteiger partial charge in [-0.2, -0.15) is 0 Å². The van der Waals surface area contributed by atoms with Crippen LogP contribution in [-0.4, -0.2) is 61.0 Å². The van der Waals surface area contributed by atoms with Gasteiger partial charge >= 0.3 is 5.97 Å². The van der Waals surface area contributed by atoms with Crippen LogP contribution < -0.4 is 4.90 Å². The Labute approximate surface area is 182 Å². The van der Waals surface area contributed by atoms with E-state index < -0.39 is 0 Å². The van der Waals surface area contributed by atoms with E-state index in [1.807, 2.05) is 30.5 Å². The molecule has 0 atom stereocenters. The molecule has 160 valence electrons. The van der Waals surface area contributed by atoms with Gasteiger partial charge in [0.25, 0.3) is 0 Å². The second-order valence-corrected chi connectivity index (χ2v) is 7.83. The molecule has 0 saturated carbocycles. The Morgan fingerprint density at radius 3 is 2.37 bits per heavy atom. The number of hydrogen-bond acceptors (Lipinski definition) is 6. The minimum Gasteiger partial charge on any atom is -0.458 e. The van der Waals surface area contributed by atoms with Crippen molar-refractivity contribution in [2.24, 2.45) is 0 Å². The SMILES string of the molecule is CCC(=O)COC(=O)CCCN1CCN(c2ccc(-c3ccc(Cl)cc3)cn2)CC1. The van der Waals surface area contributed by atoms with Crippen molar-refractivity contribution < 1.29 is 14.3 Å². The van der Waals surface area contributed by atoms with E-state index in [0.717, 1.165) is 61.1 Å². The highest BCUT2D eigenvalue weighted by Crippen LogP contribution is 2.23. The highest BCUT2D eigenvalue weighted by atomic mass is 35.5. The molecule has 0 bridgehead atoms. The summed E-state index contributed by atoms with van der Waals surface area (Å²) in [4.78, 5) is 32.1. The number of ether oxygens (including phenoxy) is 1. The summed E-state index contributed by atoms with van der Waals surface area (Å²) in [7, 11) is 0. The molecule has 0 N–H and O–H groups in total. The second-order valence-electron chi connectivity index (χ2n) is 7.40. The number of aromatic nitrogens is 1. The minimum absolute atomic E-state index is 0.0470. The third-order valence-electron chi connectivity index (χ3n) is 5.27. The first-order valence-electron chi connectivity index (χ1n) is 10.4. The molecule has 1 fully saturated rings. The molecule has 7 heteroatoms. The van der Waals surface area contributed by atoms with Gasteiger partial charge in [0, 0.05) is 55.8 Å². The number of ketones is 1. The third kappa shape index (κ3) is 6.54. The van der Waals surface area contributed by atoms with Gasteiger partial charge in [-0.1, -0.05) is 30.7 Å². The van der Waals surface area contributed by atoms with E-state index in [0.29, 0.717) is 12.8 Å². The summed E-state index contributed by atoms with van der Waals surface area (Å²) in [5.74, 6) is 0.645. The molecule has 2 heterocycles. The lowest BCUT2D eigenvalue weighted by molar-refractivity contribution is -0.148. The van der Waals surface area contributed by atoms with Crippen molar-refractivity contribution in [2.45, 2.75) is 26.2 Å². The Morgan fingerprint density at radius 1 is 1.03 bits per heavy atom. The molecule has 0 spiro atoms. The maximum atomic E-state index is 11.7. The van der Waals surface area contributed by atoms with Gasteiger partial charge in [-0.15, -0.1) is 0 Å². The first-order valence-corrected chi connectivity index (χ1v) is 10.8. The number of halogens is 1. The first-order chi connectivity index (χ1) is 14.5. The Bertz CT molecular complexity index is 832. The molecule has 1 aromatic heterocycles. The number of nitrogens with zero attached hydrogens (tertiary/aromatic N) is 3. The summed E-state index contributed by atoms with van der Waals surface area (Å²) in [5.41, 5.74) is 2.17. The van der Waals surface area contributed by atoms with Crippen molar-refractivity contribution in [3.63, 3.8) is 0 Å². The van der Waals surface area contributed by atoms with Crippen LogP contribution in [0, 0.1) is 0 Å². The van der Waals surface area contributed by atoms with Gasteiger partial charge in [0.05, 0.1) is 0 Å². The summed E-state index contributed by atoms with van der Waals surface area (Å²) in [6.07, 6.45) is 3.40. The standard InChI is InChI=1S/C23H28ClN3O3/c1-2-21(28)17-30-23(29)4-3-11-26-12-14-27(15-13-26)22-10-7-19(16-25-22)18-5-8-20(24)9-6-18/h5-10,16H,2-4,11-15,17H2,1H3. The van der Waals surface area contributed by atoms with Gasteiger partial charge in [0.15, 0.2) is 5.78 Å². The molecule has 1 saturated heterocycles. The lowest BCUT2D eigenvalue weighted by Gasteiger charge is -2.35. The minimum atomic E-state index is -0.291. The highest BCUT2D eigenvalue weighted by Gasteiger charge is 2.18. The van der Waals surface area contributed by atoms with E-state index in [4.69, 9.17) is 16.3 Å².